The summed E-state index contributed by atoms with van der Waals surface area (Å²) in [4.78, 5) is 13.7. The van der Waals surface area contributed by atoms with E-state index < -0.39 is 0 Å². The molecule has 2 N–H and O–H groups in total. The van der Waals surface area contributed by atoms with Crippen molar-refractivity contribution < 1.29 is 0 Å². The maximum atomic E-state index is 6.48. The first kappa shape index (κ1) is 19.4. The summed E-state index contributed by atoms with van der Waals surface area (Å²) in [6, 6.07) is 12.8. The second-order valence-electron chi connectivity index (χ2n) is 7.37. The molecule has 0 unspecified atom stereocenters. The lowest BCUT2D eigenvalue weighted by Gasteiger charge is -2.39. The van der Waals surface area contributed by atoms with E-state index in [4.69, 9.17) is 10.7 Å². The summed E-state index contributed by atoms with van der Waals surface area (Å²) >= 11 is 0. The first-order chi connectivity index (χ1) is 13.0. The molecule has 5 nitrogen and oxygen atoms in total. The van der Waals surface area contributed by atoms with Gasteiger partial charge in [-0.05, 0) is 62.9 Å². The summed E-state index contributed by atoms with van der Waals surface area (Å²) in [6.07, 6.45) is 5.20. The molecule has 1 aliphatic rings. The van der Waals surface area contributed by atoms with Gasteiger partial charge in [0.05, 0.1) is 5.56 Å². The van der Waals surface area contributed by atoms with Crippen LogP contribution in [0.25, 0.3) is 0 Å². The van der Waals surface area contributed by atoms with E-state index in [-0.39, 0.29) is 5.54 Å². The highest BCUT2D eigenvalue weighted by atomic mass is 15.2. The van der Waals surface area contributed by atoms with Crippen LogP contribution >= 0.6 is 0 Å². The molecule has 0 saturated heterocycles. The van der Waals surface area contributed by atoms with Gasteiger partial charge in [0.2, 0.25) is 0 Å². The Bertz CT molecular complexity index is 791. The van der Waals surface area contributed by atoms with Crippen LogP contribution in [0.1, 0.15) is 44.2 Å². The van der Waals surface area contributed by atoms with Gasteiger partial charge in [-0.25, -0.2) is 4.98 Å². The Morgan fingerprint density at radius 1 is 1.15 bits per heavy atom. The van der Waals surface area contributed by atoms with Gasteiger partial charge in [-0.15, -0.1) is 0 Å². The van der Waals surface area contributed by atoms with Gasteiger partial charge in [0, 0.05) is 44.6 Å². The summed E-state index contributed by atoms with van der Waals surface area (Å²) in [7, 11) is 4.03. The molecule has 0 spiro atoms. The largest absolute Gasteiger partial charge is 0.362 e. The van der Waals surface area contributed by atoms with Crippen LogP contribution in [-0.4, -0.2) is 38.0 Å². The van der Waals surface area contributed by atoms with Crippen molar-refractivity contribution in [2.45, 2.75) is 38.6 Å². The summed E-state index contributed by atoms with van der Waals surface area (Å²) in [5, 5.41) is 0. The third-order valence-electron chi connectivity index (χ3n) is 5.33. The molecule has 1 saturated carbocycles. The van der Waals surface area contributed by atoms with Crippen molar-refractivity contribution in [3.8, 4) is 0 Å². The Morgan fingerprint density at radius 2 is 1.85 bits per heavy atom. The number of aliphatic imine (C=N–C) groups is 1. The van der Waals surface area contributed by atoms with E-state index in [2.05, 4.69) is 54.1 Å². The van der Waals surface area contributed by atoms with Gasteiger partial charge in [-0.2, -0.15) is 0 Å². The predicted molar refractivity (Wildman–Crippen MR) is 115 cm³/mol. The fraction of sp³-hybridized carbons (Fsp3) is 0.455. The topological polar surface area (TPSA) is 57.8 Å². The lowest BCUT2D eigenvalue weighted by atomic mass is 9.73. The van der Waals surface area contributed by atoms with Gasteiger partial charge in [-0.1, -0.05) is 12.1 Å². The van der Waals surface area contributed by atoms with Gasteiger partial charge in [0.1, 0.15) is 11.7 Å². The van der Waals surface area contributed by atoms with E-state index in [0.29, 0.717) is 0 Å². The molecule has 1 aromatic carbocycles. The van der Waals surface area contributed by atoms with Crippen LogP contribution in [0, 0.1) is 0 Å². The number of aromatic nitrogens is 1. The summed E-state index contributed by atoms with van der Waals surface area (Å²) < 4.78 is 0. The fourth-order valence-electron chi connectivity index (χ4n) is 3.67. The normalized spacial score (nSPS) is 16.0. The van der Waals surface area contributed by atoms with Gasteiger partial charge in [-0.3, -0.25) is 4.99 Å². The average molecular weight is 366 g/mol. The van der Waals surface area contributed by atoms with Crippen molar-refractivity contribution >= 4 is 17.3 Å². The molecule has 1 heterocycles. The first-order valence-electron chi connectivity index (χ1n) is 9.84. The molecule has 2 aromatic rings. The standard InChI is InChI=1S/C22H31N5/c1-5-24-21(19-9-7-16-25-20(19)26(3)4)27(6-2)18-12-10-17(11-13-18)22(23)14-8-15-22/h7,9-13,16H,5-6,8,14-15,23H2,1-4H3. The Hall–Kier alpha value is -2.40. The van der Waals surface area contributed by atoms with Crippen LogP contribution in [0.5, 0.6) is 0 Å². The number of benzene rings is 1. The van der Waals surface area contributed by atoms with Crippen LogP contribution in [-0.2, 0) is 5.54 Å². The van der Waals surface area contributed by atoms with E-state index in [9.17, 15) is 0 Å². The molecule has 1 aromatic heterocycles. The highest BCUT2D eigenvalue weighted by Crippen LogP contribution is 2.39. The quantitative estimate of drug-likeness (QED) is 0.625. The number of pyridine rings is 1. The molecule has 1 aliphatic carbocycles. The highest BCUT2D eigenvalue weighted by Gasteiger charge is 2.34. The number of amidine groups is 1. The maximum Gasteiger partial charge on any atom is 0.139 e. The number of nitrogens with zero attached hydrogens (tertiary/aromatic N) is 4. The third-order valence-corrected chi connectivity index (χ3v) is 5.33. The zero-order chi connectivity index (χ0) is 19.4. The minimum absolute atomic E-state index is 0.128. The zero-order valence-corrected chi connectivity index (χ0v) is 16.9. The number of anilines is 2. The Labute approximate surface area is 162 Å². The molecule has 0 atom stereocenters. The summed E-state index contributed by atoms with van der Waals surface area (Å²) in [5.74, 6) is 1.88. The van der Waals surface area contributed by atoms with Gasteiger partial charge in [0.25, 0.3) is 0 Å². The van der Waals surface area contributed by atoms with E-state index >= 15 is 0 Å². The van der Waals surface area contributed by atoms with Gasteiger partial charge >= 0.3 is 0 Å². The zero-order valence-electron chi connectivity index (χ0n) is 16.9. The molecular formula is C22H31N5. The summed E-state index contributed by atoms with van der Waals surface area (Å²) in [6.45, 7) is 5.77. The smallest absolute Gasteiger partial charge is 0.139 e. The Morgan fingerprint density at radius 3 is 2.37 bits per heavy atom. The minimum Gasteiger partial charge on any atom is -0.362 e. The maximum absolute atomic E-state index is 6.48. The molecule has 144 valence electrons. The number of rotatable bonds is 6. The van der Waals surface area contributed by atoms with Gasteiger partial charge in [0.15, 0.2) is 0 Å². The monoisotopic (exact) mass is 365 g/mol. The molecule has 0 aliphatic heterocycles. The molecular weight excluding hydrogens is 334 g/mol. The predicted octanol–water partition coefficient (Wildman–Crippen LogP) is 3.78. The van der Waals surface area contributed by atoms with Crippen molar-refractivity contribution in [2.75, 3.05) is 37.0 Å². The molecule has 27 heavy (non-hydrogen) atoms. The molecule has 1 fully saturated rings. The minimum atomic E-state index is -0.128. The third kappa shape index (κ3) is 3.83. The van der Waals surface area contributed by atoms with Crippen molar-refractivity contribution in [1.82, 2.24) is 4.98 Å². The molecule has 0 bridgehead atoms. The molecule has 0 radical (unpaired) electrons. The Kier molecular flexibility index (Phi) is 5.80. The van der Waals surface area contributed by atoms with Crippen molar-refractivity contribution in [2.24, 2.45) is 10.7 Å². The second kappa shape index (κ2) is 8.09. The lowest BCUT2D eigenvalue weighted by Crippen LogP contribution is -2.43. The lowest BCUT2D eigenvalue weighted by molar-refractivity contribution is 0.253. The molecule has 5 heteroatoms. The number of hydrogen-bond donors (Lipinski definition) is 1. The van der Waals surface area contributed by atoms with Crippen molar-refractivity contribution in [1.29, 1.82) is 0 Å². The highest BCUT2D eigenvalue weighted by molar-refractivity contribution is 6.12. The fourth-order valence-corrected chi connectivity index (χ4v) is 3.67. The SMILES string of the molecule is CCN=C(c1cccnc1N(C)C)N(CC)c1ccc(C2(N)CCC2)cc1. The van der Waals surface area contributed by atoms with Gasteiger partial charge < -0.3 is 15.5 Å². The summed E-state index contributed by atoms with van der Waals surface area (Å²) in [5.41, 5.74) is 9.77. The van der Waals surface area contributed by atoms with Crippen LogP contribution in [0.15, 0.2) is 47.6 Å². The number of hydrogen-bond acceptors (Lipinski definition) is 4. The van der Waals surface area contributed by atoms with E-state index in [1.807, 2.05) is 31.3 Å². The number of nitrogens with two attached hydrogens (primary N) is 1. The molecule has 3 rings (SSSR count). The molecule has 0 amide bonds. The first-order valence-corrected chi connectivity index (χ1v) is 9.84. The Balaban J connectivity index is 1.98. The van der Waals surface area contributed by atoms with Crippen LogP contribution < -0.4 is 15.5 Å². The van der Waals surface area contributed by atoms with Crippen LogP contribution in [0.3, 0.4) is 0 Å². The van der Waals surface area contributed by atoms with Crippen LogP contribution in [0.2, 0.25) is 0 Å². The average Bonchev–Trinajstić information content (AvgIpc) is 2.66. The van der Waals surface area contributed by atoms with E-state index in [0.717, 1.165) is 48.8 Å². The van der Waals surface area contributed by atoms with Crippen molar-refractivity contribution in [3.63, 3.8) is 0 Å². The van der Waals surface area contributed by atoms with Crippen LogP contribution in [0.4, 0.5) is 11.5 Å². The van der Waals surface area contributed by atoms with E-state index in [1.54, 1.807) is 0 Å². The van der Waals surface area contributed by atoms with E-state index in [1.165, 1.54) is 12.0 Å². The second-order valence-corrected chi connectivity index (χ2v) is 7.37. The van der Waals surface area contributed by atoms with Crippen molar-refractivity contribution in [3.05, 3.63) is 53.7 Å².